The monoisotopic (exact) mass is 348 g/mol. The Hall–Kier alpha value is -1.84. The molecule has 0 aromatic heterocycles. The Kier molecular flexibility index (Phi) is 3.00. The molecule has 2 aromatic carbocycles. The third-order valence-electron chi connectivity index (χ3n) is 7.61. The van der Waals surface area contributed by atoms with Gasteiger partial charge in [-0.05, 0) is 84.2 Å². The largest absolute Gasteiger partial charge is 0.457 e. The Morgan fingerprint density at radius 1 is 0.808 bits per heavy atom. The van der Waals surface area contributed by atoms with Crippen LogP contribution in [0.15, 0.2) is 48.5 Å². The van der Waals surface area contributed by atoms with E-state index in [1.807, 2.05) is 24.3 Å². The molecule has 5 fully saturated rings. The van der Waals surface area contributed by atoms with Gasteiger partial charge in [0.05, 0.1) is 13.2 Å². The van der Waals surface area contributed by atoms with Crippen LogP contribution in [0.2, 0.25) is 0 Å². The van der Waals surface area contributed by atoms with Gasteiger partial charge in [0.1, 0.15) is 17.1 Å². The summed E-state index contributed by atoms with van der Waals surface area (Å²) in [5.74, 6) is 4.62. The fourth-order valence-corrected chi connectivity index (χ4v) is 6.27. The van der Waals surface area contributed by atoms with E-state index in [1.54, 1.807) is 0 Å². The van der Waals surface area contributed by atoms with E-state index in [0.29, 0.717) is 18.6 Å². The van der Waals surface area contributed by atoms with E-state index >= 15 is 0 Å². The number of hydrogen-bond acceptors (Lipinski definition) is 3. The topological polar surface area (TPSA) is 38.7 Å². The molecule has 1 heterocycles. The van der Waals surface area contributed by atoms with E-state index in [-0.39, 0.29) is 0 Å². The molecule has 0 spiro atoms. The van der Waals surface area contributed by atoms with Gasteiger partial charge in [0.15, 0.2) is 0 Å². The predicted molar refractivity (Wildman–Crippen MR) is 98.3 cm³/mol. The highest BCUT2D eigenvalue weighted by Gasteiger charge is 2.63. The van der Waals surface area contributed by atoms with Crippen LogP contribution < -0.4 is 4.74 Å². The average molecular weight is 348 g/mol. The minimum atomic E-state index is -0.819. The molecule has 5 aliphatic rings. The molecule has 134 valence electrons. The minimum absolute atomic E-state index is 0.374. The first-order valence-corrected chi connectivity index (χ1v) is 9.84. The lowest BCUT2D eigenvalue weighted by Crippen LogP contribution is -2.46. The zero-order valence-corrected chi connectivity index (χ0v) is 14.9. The number of ether oxygens (including phenoxy) is 2. The van der Waals surface area contributed by atoms with Gasteiger partial charge < -0.3 is 14.6 Å². The van der Waals surface area contributed by atoms with Gasteiger partial charge in [-0.3, -0.25) is 0 Å². The van der Waals surface area contributed by atoms with Gasteiger partial charge in [-0.2, -0.15) is 0 Å². The standard InChI is InChI=1S/C23H24O3/c24-23(13-25-14-23)18-3-7-21(8-4-18)26-20-5-1-17(2-6-20)22-11-15-9-19(22)10-16(15)12-22/h1-8,15-16,19,24H,9-14H2. The van der Waals surface area contributed by atoms with E-state index in [1.165, 1.54) is 31.2 Å². The van der Waals surface area contributed by atoms with Crippen molar-refractivity contribution >= 4 is 0 Å². The van der Waals surface area contributed by atoms with Gasteiger partial charge in [0.2, 0.25) is 0 Å². The van der Waals surface area contributed by atoms with E-state index in [2.05, 4.69) is 24.3 Å². The fraction of sp³-hybridized carbons (Fsp3) is 0.478. The smallest absolute Gasteiger partial charge is 0.136 e. The molecule has 0 amide bonds. The van der Waals surface area contributed by atoms with E-state index in [9.17, 15) is 5.11 Å². The molecule has 26 heavy (non-hydrogen) atoms. The molecule has 4 saturated carbocycles. The van der Waals surface area contributed by atoms with E-state index in [4.69, 9.17) is 9.47 Å². The number of rotatable bonds is 4. The predicted octanol–water partition coefficient (Wildman–Crippen LogP) is 4.38. The van der Waals surface area contributed by atoms with Gasteiger partial charge >= 0.3 is 0 Å². The second-order valence-corrected chi connectivity index (χ2v) is 8.93. The van der Waals surface area contributed by atoms with Crippen molar-refractivity contribution < 1.29 is 14.6 Å². The van der Waals surface area contributed by atoms with Gasteiger partial charge in [-0.15, -0.1) is 0 Å². The Labute approximate surface area is 154 Å². The number of aliphatic hydroxyl groups is 1. The Balaban J connectivity index is 1.19. The van der Waals surface area contributed by atoms with Crippen LogP contribution in [0.3, 0.4) is 0 Å². The van der Waals surface area contributed by atoms with Crippen molar-refractivity contribution in [3.63, 3.8) is 0 Å². The highest BCUT2D eigenvalue weighted by atomic mass is 16.5. The maximum absolute atomic E-state index is 10.3. The molecule has 2 atom stereocenters. The Morgan fingerprint density at radius 3 is 1.77 bits per heavy atom. The SMILES string of the molecule is OC1(c2ccc(Oc3ccc(C45CC6CC4CC6C5)cc3)cc2)COC1. The molecule has 1 saturated heterocycles. The summed E-state index contributed by atoms with van der Waals surface area (Å²) in [5, 5.41) is 10.3. The van der Waals surface area contributed by atoms with Crippen molar-refractivity contribution in [1.82, 2.24) is 0 Å². The summed E-state index contributed by atoms with van der Waals surface area (Å²) in [4.78, 5) is 0. The minimum Gasteiger partial charge on any atom is -0.457 e. The van der Waals surface area contributed by atoms with E-state index < -0.39 is 5.60 Å². The summed E-state index contributed by atoms with van der Waals surface area (Å²) in [5.41, 5.74) is 2.08. The van der Waals surface area contributed by atoms with Crippen molar-refractivity contribution in [2.45, 2.75) is 36.7 Å². The first-order chi connectivity index (χ1) is 12.6. The van der Waals surface area contributed by atoms with Crippen LogP contribution >= 0.6 is 0 Å². The summed E-state index contributed by atoms with van der Waals surface area (Å²) >= 11 is 0. The van der Waals surface area contributed by atoms with Gasteiger partial charge in [-0.1, -0.05) is 24.3 Å². The molecule has 7 rings (SSSR count). The van der Waals surface area contributed by atoms with Crippen LogP contribution in [0.4, 0.5) is 0 Å². The van der Waals surface area contributed by atoms with Crippen LogP contribution in [0.25, 0.3) is 0 Å². The lowest BCUT2D eigenvalue weighted by Gasteiger charge is -2.36. The van der Waals surface area contributed by atoms with Crippen LogP contribution in [-0.4, -0.2) is 18.3 Å². The first kappa shape index (κ1) is 15.2. The first-order valence-electron chi connectivity index (χ1n) is 9.84. The third kappa shape index (κ3) is 2.02. The Morgan fingerprint density at radius 2 is 1.35 bits per heavy atom. The molecule has 2 aromatic rings. The van der Waals surface area contributed by atoms with Crippen molar-refractivity contribution in [3.8, 4) is 11.5 Å². The van der Waals surface area contributed by atoms with Crippen molar-refractivity contribution in [3.05, 3.63) is 59.7 Å². The van der Waals surface area contributed by atoms with Gasteiger partial charge in [0.25, 0.3) is 0 Å². The number of hydrogen-bond donors (Lipinski definition) is 1. The second kappa shape index (κ2) is 5.11. The molecule has 2 unspecified atom stereocenters. The van der Waals surface area contributed by atoms with E-state index in [0.717, 1.165) is 34.8 Å². The summed E-state index contributed by atoms with van der Waals surface area (Å²) in [6.45, 7) is 0.748. The lowest BCUT2D eigenvalue weighted by atomic mass is 9.75. The lowest BCUT2D eigenvalue weighted by molar-refractivity contribution is -0.184. The molecule has 1 aliphatic heterocycles. The zero-order chi connectivity index (χ0) is 17.4. The van der Waals surface area contributed by atoms with Gasteiger partial charge in [0, 0.05) is 0 Å². The van der Waals surface area contributed by atoms with Crippen LogP contribution in [0.1, 0.15) is 36.8 Å². The zero-order valence-electron chi connectivity index (χ0n) is 14.9. The third-order valence-corrected chi connectivity index (χ3v) is 7.61. The van der Waals surface area contributed by atoms with Gasteiger partial charge in [-0.25, -0.2) is 0 Å². The summed E-state index contributed by atoms with van der Waals surface area (Å²) in [6, 6.07) is 16.5. The quantitative estimate of drug-likeness (QED) is 0.891. The van der Waals surface area contributed by atoms with Crippen molar-refractivity contribution in [2.75, 3.05) is 13.2 Å². The Bertz CT molecular complexity index is 821. The normalized spacial score (nSPS) is 35.7. The average Bonchev–Trinajstić information content (AvgIpc) is 3.36. The molecule has 4 bridgehead atoms. The summed E-state index contributed by atoms with van der Waals surface area (Å²) in [6.07, 6.45) is 5.76. The highest BCUT2D eigenvalue weighted by molar-refractivity contribution is 5.40. The van der Waals surface area contributed by atoms with Crippen LogP contribution in [0.5, 0.6) is 11.5 Å². The molecule has 1 N–H and O–H groups in total. The molecule has 4 aliphatic carbocycles. The molecular formula is C23H24O3. The van der Waals surface area contributed by atoms with Crippen LogP contribution in [-0.2, 0) is 15.8 Å². The second-order valence-electron chi connectivity index (χ2n) is 8.93. The molecule has 0 radical (unpaired) electrons. The maximum Gasteiger partial charge on any atom is 0.136 e. The fourth-order valence-electron chi connectivity index (χ4n) is 6.27. The summed E-state index contributed by atoms with van der Waals surface area (Å²) < 4.78 is 11.1. The highest BCUT2D eigenvalue weighted by Crippen LogP contribution is 2.70. The maximum atomic E-state index is 10.3. The number of benzene rings is 2. The van der Waals surface area contributed by atoms with Crippen molar-refractivity contribution in [2.24, 2.45) is 17.8 Å². The summed E-state index contributed by atoms with van der Waals surface area (Å²) in [7, 11) is 0. The molecular weight excluding hydrogens is 324 g/mol. The molecule has 3 nitrogen and oxygen atoms in total. The van der Waals surface area contributed by atoms with Crippen molar-refractivity contribution in [1.29, 1.82) is 0 Å². The molecule has 3 heteroatoms. The van der Waals surface area contributed by atoms with Crippen LogP contribution in [0, 0.1) is 17.8 Å².